The normalized spacial score (nSPS) is 26.1. The molecule has 0 saturated heterocycles. The summed E-state index contributed by atoms with van der Waals surface area (Å²) in [4.78, 5) is 3.67. The number of likely N-dealkylation sites (N-methyl/N-ethyl adjacent to an activating group) is 1. The van der Waals surface area contributed by atoms with Gasteiger partial charge in [0.25, 0.3) is 0 Å². The third-order valence-electron chi connectivity index (χ3n) is 3.54. The highest BCUT2D eigenvalue weighted by molar-refractivity contribution is 9.10. The van der Waals surface area contributed by atoms with E-state index in [0.29, 0.717) is 6.04 Å². The van der Waals surface area contributed by atoms with Gasteiger partial charge in [-0.3, -0.25) is 4.90 Å². The van der Waals surface area contributed by atoms with Gasteiger partial charge >= 0.3 is 0 Å². The van der Waals surface area contributed by atoms with Crippen molar-refractivity contribution in [2.24, 2.45) is 0 Å². The number of aliphatic hydroxyl groups is 1. The second-order valence-electron chi connectivity index (χ2n) is 4.92. The fourth-order valence-corrected chi connectivity index (χ4v) is 4.10. The minimum absolute atomic E-state index is 0.147. The van der Waals surface area contributed by atoms with E-state index in [2.05, 4.69) is 39.3 Å². The Hall–Kier alpha value is 0.1000. The molecular formula is C13H20BrNOS. The predicted octanol–water partition coefficient (Wildman–Crippen LogP) is 3.64. The van der Waals surface area contributed by atoms with Crippen molar-refractivity contribution in [3.8, 4) is 0 Å². The van der Waals surface area contributed by atoms with Crippen molar-refractivity contribution in [3.63, 3.8) is 0 Å². The van der Waals surface area contributed by atoms with Crippen molar-refractivity contribution in [2.45, 2.75) is 50.8 Å². The van der Waals surface area contributed by atoms with Gasteiger partial charge in [-0.05, 0) is 41.9 Å². The Bertz CT molecular complexity index is 355. The molecule has 0 bridgehead atoms. The Balaban J connectivity index is 1.95. The maximum Gasteiger partial charge on any atom is 0.0695 e. The zero-order valence-corrected chi connectivity index (χ0v) is 12.6. The fourth-order valence-electron chi connectivity index (χ4n) is 2.58. The van der Waals surface area contributed by atoms with Crippen molar-refractivity contribution < 1.29 is 5.11 Å². The van der Waals surface area contributed by atoms with Gasteiger partial charge in [-0.15, -0.1) is 11.3 Å². The summed E-state index contributed by atoms with van der Waals surface area (Å²) in [6, 6.07) is 2.50. The molecular weight excluding hydrogens is 298 g/mol. The van der Waals surface area contributed by atoms with Gasteiger partial charge in [-0.1, -0.05) is 19.3 Å². The van der Waals surface area contributed by atoms with Crippen molar-refractivity contribution in [2.75, 3.05) is 7.05 Å². The van der Waals surface area contributed by atoms with Crippen LogP contribution < -0.4 is 0 Å². The van der Waals surface area contributed by atoms with Gasteiger partial charge in [0.1, 0.15) is 0 Å². The van der Waals surface area contributed by atoms with Crippen LogP contribution in [0.2, 0.25) is 0 Å². The van der Waals surface area contributed by atoms with Gasteiger partial charge in [-0.2, -0.15) is 0 Å². The molecule has 1 N–H and O–H groups in total. The number of aliphatic hydroxyl groups excluding tert-OH is 1. The molecule has 2 nitrogen and oxygen atoms in total. The summed E-state index contributed by atoms with van der Waals surface area (Å²) < 4.78 is 1.16. The van der Waals surface area contributed by atoms with Crippen LogP contribution in [0.5, 0.6) is 0 Å². The quantitative estimate of drug-likeness (QED) is 0.860. The summed E-state index contributed by atoms with van der Waals surface area (Å²) in [5, 5.41) is 12.3. The molecule has 2 unspecified atom stereocenters. The van der Waals surface area contributed by atoms with Crippen LogP contribution in [0.4, 0.5) is 0 Å². The van der Waals surface area contributed by atoms with E-state index in [4.69, 9.17) is 0 Å². The first-order valence-corrected chi connectivity index (χ1v) is 7.95. The predicted molar refractivity (Wildman–Crippen MR) is 76.4 cm³/mol. The average Bonchev–Trinajstić information content (AvgIpc) is 2.57. The maximum atomic E-state index is 10.2. The van der Waals surface area contributed by atoms with Crippen molar-refractivity contribution in [3.05, 3.63) is 20.8 Å². The third-order valence-corrected chi connectivity index (χ3v) is 5.22. The van der Waals surface area contributed by atoms with E-state index >= 15 is 0 Å². The summed E-state index contributed by atoms with van der Waals surface area (Å²) in [5.74, 6) is 0. The highest BCUT2D eigenvalue weighted by atomic mass is 79.9. The van der Waals surface area contributed by atoms with E-state index in [1.54, 1.807) is 11.3 Å². The Morgan fingerprint density at radius 3 is 2.88 bits per heavy atom. The number of hydrogen-bond acceptors (Lipinski definition) is 3. The van der Waals surface area contributed by atoms with Crippen LogP contribution in [-0.2, 0) is 6.54 Å². The maximum absolute atomic E-state index is 10.2. The number of nitrogens with zero attached hydrogens (tertiary/aromatic N) is 1. The van der Waals surface area contributed by atoms with Gasteiger partial charge in [0.05, 0.1) is 6.10 Å². The number of rotatable bonds is 3. The molecule has 0 aliphatic heterocycles. The zero-order chi connectivity index (χ0) is 12.3. The molecule has 2 rings (SSSR count). The lowest BCUT2D eigenvalue weighted by Crippen LogP contribution is -2.40. The lowest BCUT2D eigenvalue weighted by Gasteiger charge is -2.30. The van der Waals surface area contributed by atoms with Crippen molar-refractivity contribution >= 4 is 27.3 Å². The molecule has 0 amide bonds. The Labute approximate surface area is 116 Å². The molecule has 0 radical (unpaired) electrons. The smallest absolute Gasteiger partial charge is 0.0695 e. The van der Waals surface area contributed by atoms with E-state index < -0.39 is 0 Å². The lowest BCUT2D eigenvalue weighted by molar-refractivity contribution is 0.0548. The molecule has 1 saturated carbocycles. The number of hydrogen-bond donors (Lipinski definition) is 1. The number of thiophene rings is 1. The van der Waals surface area contributed by atoms with Gasteiger partial charge in [0.2, 0.25) is 0 Å². The standard InChI is InChI=1S/C13H20BrNOS/c1-15(8-11-7-10(14)9-17-11)12-5-3-2-4-6-13(12)16/h7,9,12-13,16H,2-6,8H2,1H3. The van der Waals surface area contributed by atoms with E-state index in [1.165, 1.54) is 24.1 Å². The second kappa shape index (κ2) is 6.32. The molecule has 4 heteroatoms. The first-order valence-electron chi connectivity index (χ1n) is 6.28. The summed E-state index contributed by atoms with van der Waals surface area (Å²) in [7, 11) is 2.13. The van der Waals surface area contributed by atoms with Crippen LogP contribution >= 0.6 is 27.3 Å². The molecule has 2 atom stereocenters. The Morgan fingerprint density at radius 1 is 1.41 bits per heavy atom. The van der Waals surface area contributed by atoms with E-state index in [-0.39, 0.29) is 6.10 Å². The molecule has 1 aromatic heterocycles. The van der Waals surface area contributed by atoms with E-state index in [9.17, 15) is 5.11 Å². The first kappa shape index (κ1) is 13.5. The molecule has 0 aromatic carbocycles. The summed E-state index contributed by atoms with van der Waals surface area (Å²) in [5.41, 5.74) is 0. The average molecular weight is 318 g/mol. The molecule has 1 aromatic rings. The molecule has 1 heterocycles. The molecule has 1 fully saturated rings. The van der Waals surface area contributed by atoms with Crippen molar-refractivity contribution in [1.82, 2.24) is 4.90 Å². The van der Waals surface area contributed by atoms with Gasteiger partial charge in [-0.25, -0.2) is 0 Å². The largest absolute Gasteiger partial charge is 0.391 e. The molecule has 0 spiro atoms. The second-order valence-corrected chi connectivity index (χ2v) is 6.83. The zero-order valence-electron chi connectivity index (χ0n) is 10.2. The molecule has 96 valence electrons. The van der Waals surface area contributed by atoms with Gasteiger partial charge in [0, 0.05) is 27.3 Å². The fraction of sp³-hybridized carbons (Fsp3) is 0.692. The third kappa shape index (κ3) is 3.78. The Morgan fingerprint density at radius 2 is 2.18 bits per heavy atom. The van der Waals surface area contributed by atoms with Crippen LogP contribution in [0.15, 0.2) is 15.9 Å². The van der Waals surface area contributed by atoms with Crippen LogP contribution in [0, 0.1) is 0 Å². The monoisotopic (exact) mass is 317 g/mol. The molecule has 17 heavy (non-hydrogen) atoms. The summed E-state index contributed by atoms with van der Waals surface area (Å²) in [6.07, 6.45) is 5.64. The Kier molecular flexibility index (Phi) is 5.03. The summed E-state index contributed by atoms with van der Waals surface area (Å²) in [6.45, 7) is 0.942. The highest BCUT2D eigenvalue weighted by Gasteiger charge is 2.25. The van der Waals surface area contributed by atoms with Gasteiger partial charge in [0.15, 0.2) is 0 Å². The number of halogens is 1. The van der Waals surface area contributed by atoms with E-state index in [1.807, 2.05) is 0 Å². The van der Waals surface area contributed by atoms with Crippen LogP contribution in [-0.4, -0.2) is 29.2 Å². The van der Waals surface area contributed by atoms with Crippen LogP contribution in [0.1, 0.15) is 37.0 Å². The van der Waals surface area contributed by atoms with Crippen molar-refractivity contribution in [1.29, 1.82) is 0 Å². The highest BCUT2D eigenvalue weighted by Crippen LogP contribution is 2.25. The SMILES string of the molecule is CN(Cc1cc(Br)cs1)C1CCCCCC1O. The minimum atomic E-state index is -0.147. The van der Waals surface area contributed by atoms with Crippen LogP contribution in [0.3, 0.4) is 0 Å². The van der Waals surface area contributed by atoms with E-state index in [0.717, 1.165) is 23.9 Å². The van der Waals surface area contributed by atoms with Gasteiger partial charge < -0.3 is 5.11 Å². The lowest BCUT2D eigenvalue weighted by atomic mass is 10.0. The molecule has 1 aliphatic rings. The topological polar surface area (TPSA) is 23.5 Å². The minimum Gasteiger partial charge on any atom is -0.391 e. The van der Waals surface area contributed by atoms with Crippen LogP contribution in [0.25, 0.3) is 0 Å². The molecule has 1 aliphatic carbocycles. The summed E-state index contributed by atoms with van der Waals surface area (Å²) >= 11 is 5.26. The first-order chi connectivity index (χ1) is 8.16.